The van der Waals surface area contributed by atoms with Gasteiger partial charge in [-0.15, -0.1) is 0 Å². The molecule has 3 fully saturated rings. The molecule has 2 saturated heterocycles. The summed E-state index contributed by atoms with van der Waals surface area (Å²) in [5, 5.41) is 9.78. The minimum absolute atomic E-state index is 0.165. The summed E-state index contributed by atoms with van der Waals surface area (Å²) < 4.78 is 40.6. The smallest absolute Gasteiger partial charge is 0.393 e. The van der Waals surface area contributed by atoms with Crippen molar-refractivity contribution in [3.05, 3.63) is 29.3 Å². The summed E-state index contributed by atoms with van der Waals surface area (Å²) in [6, 6.07) is 4.60. The van der Waals surface area contributed by atoms with Gasteiger partial charge in [-0.2, -0.15) is 13.2 Å². The van der Waals surface area contributed by atoms with Gasteiger partial charge in [-0.1, -0.05) is 13.0 Å². The zero-order chi connectivity index (χ0) is 21.5. The molecule has 166 valence electrons. The zero-order valence-electron chi connectivity index (χ0n) is 17.5. The molecule has 4 rings (SSSR count). The van der Waals surface area contributed by atoms with Crippen LogP contribution in [0.15, 0.2) is 18.2 Å². The summed E-state index contributed by atoms with van der Waals surface area (Å²) >= 11 is 0. The number of piperidine rings is 1. The average Bonchev–Trinajstić information content (AvgIpc) is 3.03. The van der Waals surface area contributed by atoms with E-state index in [9.17, 15) is 23.1 Å². The Balaban J connectivity index is 1.56. The summed E-state index contributed by atoms with van der Waals surface area (Å²) in [6.07, 6.45) is 1.18. The van der Waals surface area contributed by atoms with E-state index < -0.39 is 17.2 Å². The van der Waals surface area contributed by atoms with Crippen LogP contribution in [0.25, 0.3) is 0 Å². The lowest BCUT2D eigenvalue weighted by Crippen LogP contribution is -2.50. The van der Waals surface area contributed by atoms with Crippen molar-refractivity contribution in [1.82, 2.24) is 4.90 Å². The van der Waals surface area contributed by atoms with E-state index in [0.717, 1.165) is 57.6 Å². The topological polar surface area (TPSA) is 43.8 Å². The monoisotopic (exact) mass is 424 g/mol. The lowest BCUT2D eigenvalue weighted by molar-refractivity contribution is -0.140. The van der Waals surface area contributed by atoms with Crippen molar-refractivity contribution in [3.8, 4) is 0 Å². The molecule has 1 N–H and O–H groups in total. The number of alkyl halides is 3. The van der Waals surface area contributed by atoms with Gasteiger partial charge in [0.25, 0.3) is 0 Å². The maximum atomic E-state index is 13.5. The second-order valence-electron chi connectivity index (χ2n) is 9.17. The quantitative estimate of drug-likeness (QED) is 0.783. The number of nitrogens with zero attached hydrogens (tertiary/aromatic N) is 2. The Morgan fingerprint density at radius 1 is 1.13 bits per heavy atom. The third kappa shape index (κ3) is 3.81. The van der Waals surface area contributed by atoms with Crippen molar-refractivity contribution in [3.63, 3.8) is 0 Å². The van der Waals surface area contributed by atoms with Gasteiger partial charge >= 0.3 is 6.18 Å². The molecular weight excluding hydrogens is 393 g/mol. The number of aliphatic hydroxyl groups is 1. The Bertz CT molecular complexity index is 789. The van der Waals surface area contributed by atoms with Crippen molar-refractivity contribution < 1.29 is 23.1 Å². The van der Waals surface area contributed by atoms with E-state index in [-0.39, 0.29) is 18.1 Å². The number of hydrogen-bond donors (Lipinski definition) is 1. The lowest BCUT2D eigenvalue weighted by Gasteiger charge is -2.42. The van der Waals surface area contributed by atoms with E-state index in [1.54, 1.807) is 13.0 Å². The van der Waals surface area contributed by atoms with Crippen LogP contribution in [0, 0.1) is 5.41 Å². The van der Waals surface area contributed by atoms with E-state index in [1.165, 1.54) is 6.07 Å². The second kappa shape index (κ2) is 8.06. The van der Waals surface area contributed by atoms with Crippen LogP contribution in [-0.4, -0.2) is 47.7 Å². The van der Waals surface area contributed by atoms with Gasteiger partial charge in [0.15, 0.2) is 0 Å². The van der Waals surface area contributed by atoms with Gasteiger partial charge in [-0.25, -0.2) is 0 Å². The molecular formula is C23H31F3N2O2. The van der Waals surface area contributed by atoms with Crippen molar-refractivity contribution in [2.24, 2.45) is 5.41 Å². The van der Waals surface area contributed by atoms with E-state index >= 15 is 0 Å². The third-order valence-corrected chi connectivity index (χ3v) is 7.38. The Labute approximate surface area is 176 Å². The minimum atomic E-state index is -4.37. The Morgan fingerprint density at radius 3 is 2.53 bits per heavy atom. The van der Waals surface area contributed by atoms with E-state index in [2.05, 4.69) is 0 Å². The molecule has 0 bridgehead atoms. The molecule has 30 heavy (non-hydrogen) atoms. The van der Waals surface area contributed by atoms with Crippen LogP contribution in [0.4, 0.5) is 18.9 Å². The molecule has 1 atom stereocenters. The molecule has 1 aliphatic carbocycles. The van der Waals surface area contributed by atoms with E-state index in [4.69, 9.17) is 0 Å². The molecule has 2 heterocycles. The molecule has 1 saturated carbocycles. The van der Waals surface area contributed by atoms with Crippen molar-refractivity contribution in [2.75, 3.05) is 24.5 Å². The standard InChI is InChI=1S/C23H31F3N2O2/c1-2-18-19(23(24,25)26)5-3-6-20(18)27-13-4-11-22(15-27)12-14-28(21(22)30)16-7-9-17(29)10-8-16/h3,5-6,16-17,29H,2,4,7-15H2,1H3. The van der Waals surface area contributed by atoms with E-state index in [0.29, 0.717) is 30.8 Å². The molecule has 0 radical (unpaired) electrons. The van der Waals surface area contributed by atoms with Gasteiger partial charge in [0, 0.05) is 31.4 Å². The fourth-order valence-corrected chi connectivity index (χ4v) is 5.79. The first-order chi connectivity index (χ1) is 14.2. The molecule has 1 unspecified atom stereocenters. The summed E-state index contributed by atoms with van der Waals surface area (Å²) in [6.45, 7) is 3.65. The third-order valence-electron chi connectivity index (χ3n) is 7.38. The highest BCUT2D eigenvalue weighted by Crippen LogP contribution is 2.45. The molecule has 7 heteroatoms. The van der Waals surface area contributed by atoms with Crippen LogP contribution in [0.1, 0.15) is 63.0 Å². The largest absolute Gasteiger partial charge is 0.416 e. The number of amides is 1. The fourth-order valence-electron chi connectivity index (χ4n) is 5.79. The van der Waals surface area contributed by atoms with Gasteiger partial charge in [0.2, 0.25) is 5.91 Å². The number of rotatable bonds is 3. The molecule has 1 aromatic carbocycles. The van der Waals surface area contributed by atoms with Crippen LogP contribution >= 0.6 is 0 Å². The number of benzene rings is 1. The normalized spacial score (nSPS) is 30.4. The fraction of sp³-hybridized carbons (Fsp3) is 0.696. The number of carbonyl (C=O) groups is 1. The number of likely N-dealkylation sites (tertiary alicyclic amines) is 1. The summed E-state index contributed by atoms with van der Waals surface area (Å²) in [5.41, 5.74) is -0.112. The number of halogens is 3. The molecule has 1 amide bonds. The first kappa shape index (κ1) is 21.5. The summed E-state index contributed by atoms with van der Waals surface area (Å²) in [5.74, 6) is 0.165. The number of anilines is 1. The second-order valence-corrected chi connectivity index (χ2v) is 9.17. The SMILES string of the molecule is CCc1c(N2CCCC3(CCN(C4CCC(O)CC4)C3=O)C2)cccc1C(F)(F)F. The minimum Gasteiger partial charge on any atom is -0.393 e. The molecule has 1 spiro atoms. The average molecular weight is 425 g/mol. The predicted octanol–water partition coefficient (Wildman–Crippen LogP) is 4.39. The number of hydrogen-bond acceptors (Lipinski definition) is 3. The highest BCUT2D eigenvalue weighted by atomic mass is 19.4. The molecule has 3 aliphatic rings. The maximum Gasteiger partial charge on any atom is 0.416 e. The predicted molar refractivity (Wildman–Crippen MR) is 109 cm³/mol. The number of carbonyl (C=O) groups excluding carboxylic acids is 1. The van der Waals surface area contributed by atoms with Crippen molar-refractivity contribution >= 4 is 11.6 Å². The highest BCUT2D eigenvalue weighted by Gasteiger charge is 2.51. The lowest BCUT2D eigenvalue weighted by atomic mass is 9.78. The molecule has 1 aromatic rings. The molecule has 2 aliphatic heterocycles. The van der Waals surface area contributed by atoms with Crippen LogP contribution in [0.2, 0.25) is 0 Å². The van der Waals surface area contributed by atoms with Gasteiger partial charge < -0.3 is 14.9 Å². The van der Waals surface area contributed by atoms with Gasteiger partial charge in [0.1, 0.15) is 0 Å². The van der Waals surface area contributed by atoms with Crippen LogP contribution in [0.5, 0.6) is 0 Å². The summed E-state index contributed by atoms with van der Waals surface area (Å²) in [7, 11) is 0. The zero-order valence-corrected chi connectivity index (χ0v) is 17.5. The first-order valence-corrected chi connectivity index (χ1v) is 11.2. The van der Waals surface area contributed by atoms with Crippen LogP contribution in [-0.2, 0) is 17.4 Å². The molecule has 0 aromatic heterocycles. The Hall–Kier alpha value is -1.76. The van der Waals surface area contributed by atoms with Crippen LogP contribution < -0.4 is 4.90 Å². The Morgan fingerprint density at radius 2 is 1.87 bits per heavy atom. The highest BCUT2D eigenvalue weighted by molar-refractivity contribution is 5.86. The number of aliphatic hydroxyl groups excluding tert-OH is 1. The van der Waals surface area contributed by atoms with Gasteiger partial charge in [-0.3, -0.25) is 4.79 Å². The van der Waals surface area contributed by atoms with Crippen LogP contribution in [0.3, 0.4) is 0 Å². The van der Waals surface area contributed by atoms with Crippen molar-refractivity contribution in [2.45, 2.75) is 76.6 Å². The van der Waals surface area contributed by atoms with E-state index in [1.807, 2.05) is 9.80 Å². The molecule has 4 nitrogen and oxygen atoms in total. The summed E-state index contributed by atoms with van der Waals surface area (Å²) in [4.78, 5) is 17.5. The first-order valence-electron chi connectivity index (χ1n) is 11.2. The van der Waals surface area contributed by atoms with Gasteiger partial charge in [-0.05, 0) is 69.1 Å². The Kier molecular flexibility index (Phi) is 5.77. The van der Waals surface area contributed by atoms with Crippen molar-refractivity contribution in [1.29, 1.82) is 0 Å². The maximum absolute atomic E-state index is 13.5. The van der Waals surface area contributed by atoms with Gasteiger partial charge in [0.05, 0.1) is 17.1 Å².